The number of hydrogen-bond donors (Lipinski definition) is 1. The van der Waals surface area contributed by atoms with Crippen molar-refractivity contribution in [3.63, 3.8) is 0 Å². The molecule has 1 rings (SSSR count). The van der Waals surface area contributed by atoms with Crippen LogP contribution < -0.4 is 4.74 Å². The van der Waals surface area contributed by atoms with Crippen molar-refractivity contribution in [2.45, 2.75) is 0 Å². The third-order valence-electron chi connectivity index (χ3n) is 1.56. The van der Waals surface area contributed by atoms with Gasteiger partial charge in [-0.05, 0) is 18.2 Å². The molecule has 0 heterocycles. The molecule has 0 saturated carbocycles. The molecule has 4 nitrogen and oxygen atoms in total. The first-order valence-electron chi connectivity index (χ1n) is 3.50. The summed E-state index contributed by atoms with van der Waals surface area (Å²) < 4.78 is 4.82. The van der Waals surface area contributed by atoms with Crippen LogP contribution >= 0.6 is 0 Å². The molecule has 0 aliphatic heterocycles. The molecule has 1 N–H and O–H groups in total. The summed E-state index contributed by atoms with van der Waals surface area (Å²) in [7, 11) is 1.38. The van der Waals surface area contributed by atoms with E-state index in [1.54, 1.807) is 0 Å². The van der Waals surface area contributed by atoms with Gasteiger partial charge in [-0.15, -0.1) is 0 Å². The topological polar surface area (TPSA) is 70.3 Å². The van der Waals surface area contributed by atoms with Crippen LogP contribution in [0.5, 0.6) is 5.75 Å². The smallest absolute Gasteiger partial charge is 0.339 e. The van der Waals surface area contributed by atoms with Crippen molar-refractivity contribution in [3.05, 3.63) is 29.3 Å². The lowest BCUT2D eigenvalue weighted by atomic mass is 10.1. The van der Waals surface area contributed by atoms with Crippen molar-refractivity contribution in [3.8, 4) is 11.8 Å². The van der Waals surface area contributed by atoms with Gasteiger partial charge in [0.25, 0.3) is 0 Å². The number of carbonyl (C=O) groups is 1. The van der Waals surface area contributed by atoms with E-state index in [1.165, 1.54) is 25.3 Å². The van der Waals surface area contributed by atoms with Crippen LogP contribution in [0.15, 0.2) is 18.2 Å². The molecule has 4 heteroatoms. The molecule has 1 aromatic carbocycles. The Bertz CT molecular complexity index is 379. The highest BCUT2D eigenvalue weighted by Crippen LogP contribution is 2.19. The van der Waals surface area contributed by atoms with Gasteiger partial charge in [-0.2, -0.15) is 5.26 Å². The van der Waals surface area contributed by atoms with Crippen molar-refractivity contribution >= 4 is 5.97 Å². The van der Waals surface area contributed by atoms with E-state index in [0.717, 1.165) is 0 Å². The van der Waals surface area contributed by atoms with Crippen LogP contribution in [0.1, 0.15) is 15.9 Å². The Morgan fingerprint density at radius 1 is 1.62 bits per heavy atom. The first-order chi connectivity index (χ1) is 6.19. The molecular weight excluding hydrogens is 170 g/mol. The Hall–Kier alpha value is -2.02. The highest BCUT2D eigenvalue weighted by Gasteiger charge is 2.10. The fourth-order valence-corrected chi connectivity index (χ4v) is 0.945. The molecule has 0 bridgehead atoms. The second kappa shape index (κ2) is 3.59. The van der Waals surface area contributed by atoms with Crippen LogP contribution in [0.4, 0.5) is 0 Å². The Morgan fingerprint density at radius 3 is 2.77 bits per heavy atom. The number of benzene rings is 1. The molecule has 0 aliphatic rings. The minimum absolute atomic E-state index is 0.00144. The first-order valence-corrected chi connectivity index (χ1v) is 3.50. The molecule has 13 heavy (non-hydrogen) atoms. The molecular formula is C9H7NO3. The fraction of sp³-hybridized carbons (Fsp3) is 0.111. The van der Waals surface area contributed by atoms with Crippen LogP contribution in [0.3, 0.4) is 0 Å². The normalized spacial score (nSPS) is 8.92. The molecule has 0 atom stereocenters. The lowest BCUT2D eigenvalue weighted by Crippen LogP contribution is -2.00. The summed E-state index contributed by atoms with van der Waals surface area (Å²) in [6.45, 7) is 0. The van der Waals surface area contributed by atoms with E-state index in [1.807, 2.05) is 6.07 Å². The number of hydrogen-bond acceptors (Lipinski definition) is 3. The van der Waals surface area contributed by atoms with Gasteiger partial charge in [0, 0.05) is 0 Å². The largest absolute Gasteiger partial charge is 0.496 e. The predicted molar refractivity (Wildman–Crippen MR) is 44.7 cm³/mol. The molecule has 0 radical (unpaired) electrons. The first kappa shape index (κ1) is 9.07. The number of ether oxygens (including phenoxy) is 1. The summed E-state index contributed by atoms with van der Waals surface area (Å²) in [6.07, 6.45) is 0. The summed E-state index contributed by atoms with van der Waals surface area (Å²) in [5.41, 5.74) is 0.305. The zero-order chi connectivity index (χ0) is 9.84. The van der Waals surface area contributed by atoms with Crippen LogP contribution in [0.25, 0.3) is 0 Å². The van der Waals surface area contributed by atoms with Crippen molar-refractivity contribution in [1.82, 2.24) is 0 Å². The van der Waals surface area contributed by atoms with Crippen molar-refractivity contribution < 1.29 is 14.6 Å². The number of nitrogens with zero attached hydrogens (tertiary/aromatic N) is 1. The molecule has 0 fully saturated rings. The Morgan fingerprint density at radius 2 is 2.31 bits per heavy atom. The van der Waals surface area contributed by atoms with Gasteiger partial charge in [0.1, 0.15) is 11.3 Å². The Balaban J connectivity index is 3.28. The van der Waals surface area contributed by atoms with Crippen LogP contribution in [-0.4, -0.2) is 18.2 Å². The third-order valence-corrected chi connectivity index (χ3v) is 1.56. The van der Waals surface area contributed by atoms with E-state index in [-0.39, 0.29) is 11.3 Å². The zero-order valence-electron chi connectivity index (χ0n) is 6.94. The van der Waals surface area contributed by atoms with Gasteiger partial charge in [-0.1, -0.05) is 0 Å². The van der Waals surface area contributed by atoms with Crippen LogP contribution in [0.2, 0.25) is 0 Å². The number of aromatic carboxylic acids is 1. The summed E-state index contributed by atoms with van der Waals surface area (Å²) >= 11 is 0. The SMILES string of the molecule is COc1ccc(C#N)cc1C(=O)O. The molecule has 1 aromatic rings. The lowest BCUT2D eigenvalue weighted by molar-refractivity contribution is 0.0693. The molecule has 66 valence electrons. The Kier molecular flexibility index (Phi) is 2.50. The summed E-state index contributed by atoms with van der Waals surface area (Å²) in [6, 6.07) is 6.10. The van der Waals surface area contributed by atoms with Gasteiger partial charge in [0.15, 0.2) is 0 Å². The van der Waals surface area contributed by atoms with E-state index in [0.29, 0.717) is 5.56 Å². The summed E-state index contributed by atoms with van der Waals surface area (Å²) in [4.78, 5) is 10.7. The lowest BCUT2D eigenvalue weighted by Gasteiger charge is -2.03. The molecule has 0 aliphatic carbocycles. The molecule has 0 amide bonds. The van der Waals surface area contributed by atoms with E-state index in [2.05, 4.69) is 0 Å². The van der Waals surface area contributed by atoms with Gasteiger partial charge in [-0.3, -0.25) is 0 Å². The zero-order valence-corrected chi connectivity index (χ0v) is 6.94. The van der Waals surface area contributed by atoms with Crippen LogP contribution in [0, 0.1) is 11.3 Å². The Labute approximate surface area is 75.0 Å². The predicted octanol–water partition coefficient (Wildman–Crippen LogP) is 1.27. The molecule has 0 spiro atoms. The maximum absolute atomic E-state index is 10.7. The quantitative estimate of drug-likeness (QED) is 0.738. The number of rotatable bonds is 2. The standard InChI is InChI=1S/C9H7NO3/c1-13-8-3-2-6(5-10)4-7(8)9(11)12/h2-4H,1H3,(H,11,12). The fourth-order valence-electron chi connectivity index (χ4n) is 0.945. The highest BCUT2D eigenvalue weighted by molar-refractivity contribution is 5.91. The third kappa shape index (κ3) is 1.76. The average molecular weight is 177 g/mol. The minimum Gasteiger partial charge on any atom is -0.496 e. The van der Waals surface area contributed by atoms with E-state index in [9.17, 15) is 4.79 Å². The minimum atomic E-state index is -1.10. The second-order valence-electron chi connectivity index (χ2n) is 2.33. The van der Waals surface area contributed by atoms with Crippen molar-refractivity contribution in [2.75, 3.05) is 7.11 Å². The van der Waals surface area contributed by atoms with Gasteiger partial charge < -0.3 is 9.84 Å². The average Bonchev–Trinajstić information content (AvgIpc) is 2.16. The van der Waals surface area contributed by atoms with Gasteiger partial charge in [0.05, 0.1) is 18.7 Å². The molecule has 0 unspecified atom stereocenters. The second-order valence-corrected chi connectivity index (χ2v) is 2.33. The van der Waals surface area contributed by atoms with E-state index >= 15 is 0 Å². The molecule has 0 aromatic heterocycles. The number of methoxy groups -OCH3 is 1. The van der Waals surface area contributed by atoms with Gasteiger partial charge in [-0.25, -0.2) is 4.79 Å². The number of nitriles is 1. The summed E-state index contributed by atoms with van der Waals surface area (Å²) in [5, 5.41) is 17.3. The van der Waals surface area contributed by atoms with Crippen molar-refractivity contribution in [2.24, 2.45) is 0 Å². The van der Waals surface area contributed by atoms with Gasteiger partial charge >= 0.3 is 5.97 Å². The number of carboxylic acid groups (broad SMARTS) is 1. The van der Waals surface area contributed by atoms with Gasteiger partial charge in [0.2, 0.25) is 0 Å². The maximum atomic E-state index is 10.7. The maximum Gasteiger partial charge on any atom is 0.339 e. The number of carboxylic acids is 1. The van der Waals surface area contributed by atoms with E-state index in [4.69, 9.17) is 15.1 Å². The van der Waals surface area contributed by atoms with Crippen LogP contribution in [-0.2, 0) is 0 Å². The molecule has 0 saturated heterocycles. The van der Waals surface area contributed by atoms with Crippen molar-refractivity contribution in [1.29, 1.82) is 5.26 Å². The summed E-state index contributed by atoms with van der Waals surface area (Å²) in [5.74, 6) is -0.847. The van der Waals surface area contributed by atoms with E-state index < -0.39 is 5.97 Å². The highest BCUT2D eigenvalue weighted by atomic mass is 16.5. The monoisotopic (exact) mass is 177 g/mol.